The minimum Gasteiger partial charge on any atom is -0.497 e. The van der Waals surface area contributed by atoms with Crippen LogP contribution in [-0.4, -0.2) is 7.11 Å². The zero-order chi connectivity index (χ0) is 9.68. The van der Waals surface area contributed by atoms with Gasteiger partial charge in [-0.05, 0) is 30.3 Å². The van der Waals surface area contributed by atoms with Crippen molar-refractivity contribution in [3.8, 4) is 11.5 Å². The summed E-state index contributed by atoms with van der Waals surface area (Å²) in [4.78, 5) is 0. The van der Waals surface area contributed by atoms with Crippen molar-refractivity contribution in [3.63, 3.8) is 0 Å². The van der Waals surface area contributed by atoms with Crippen molar-refractivity contribution in [1.29, 1.82) is 0 Å². The van der Waals surface area contributed by atoms with Crippen LogP contribution in [0.4, 0.5) is 0 Å². The predicted molar refractivity (Wildman–Crippen MR) is 53.0 cm³/mol. The summed E-state index contributed by atoms with van der Waals surface area (Å²) in [7, 11) is 1.62. The van der Waals surface area contributed by atoms with E-state index < -0.39 is 0 Å². The van der Waals surface area contributed by atoms with Crippen LogP contribution >= 0.6 is 0 Å². The molecule has 1 rings (SSSR count). The first-order valence-corrected chi connectivity index (χ1v) is 3.89. The third-order valence-corrected chi connectivity index (χ3v) is 1.54. The van der Waals surface area contributed by atoms with E-state index in [2.05, 4.69) is 13.2 Å². The highest BCUT2D eigenvalue weighted by atomic mass is 16.5. The Bertz CT molecular complexity index is 298. The van der Waals surface area contributed by atoms with Gasteiger partial charge in [-0.1, -0.05) is 13.2 Å². The van der Waals surface area contributed by atoms with Crippen molar-refractivity contribution in [1.82, 2.24) is 0 Å². The maximum atomic E-state index is 5.29. The van der Waals surface area contributed by atoms with Gasteiger partial charge in [0.1, 0.15) is 17.3 Å². The van der Waals surface area contributed by atoms with E-state index in [0.29, 0.717) is 5.76 Å². The molecule has 0 aliphatic carbocycles. The summed E-state index contributed by atoms with van der Waals surface area (Å²) in [5.74, 6) is 2.06. The monoisotopic (exact) mass is 176 g/mol. The molecule has 68 valence electrons. The number of rotatable bonds is 4. The lowest BCUT2D eigenvalue weighted by Crippen LogP contribution is -1.89. The Morgan fingerprint density at radius 1 is 1.23 bits per heavy atom. The molecule has 13 heavy (non-hydrogen) atoms. The molecule has 0 saturated heterocycles. The molecule has 1 aromatic rings. The lowest BCUT2D eigenvalue weighted by atomic mass is 10.3. The van der Waals surface area contributed by atoms with Crippen molar-refractivity contribution < 1.29 is 9.47 Å². The summed E-state index contributed by atoms with van der Waals surface area (Å²) >= 11 is 0. The molecule has 0 fully saturated rings. The molecule has 0 aliphatic rings. The highest BCUT2D eigenvalue weighted by molar-refractivity contribution is 5.32. The number of hydrogen-bond donors (Lipinski definition) is 0. The van der Waals surface area contributed by atoms with Crippen LogP contribution in [0.3, 0.4) is 0 Å². The lowest BCUT2D eigenvalue weighted by Gasteiger charge is -2.05. The van der Waals surface area contributed by atoms with E-state index in [9.17, 15) is 0 Å². The van der Waals surface area contributed by atoms with Gasteiger partial charge in [0.2, 0.25) is 0 Å². The summed E-state index contributed by atoms with van der Waals surface area (Å²) in [6, 6.07) is 7.28. The molecule has 0 aliphatic heterocycles. The second kappa shape index (κ2) is 4.36. The normalized spacial score (nSPS) is 9.00. The molecule has 0 heterocycles. The molecule has 2 heteroatoms. The van der Waals surface area contributed by atoms with Crippen LogP contribution < -0.4 is 9.47 Å². The molecular formula is C11H12O2. The van der Waals surface area contributed by atoms with Gasteiger partial charge in [-0.3, -0.25) is 0 Å². The smallest absolute Gasteiger partial charge is 0.127 e. The molecule has 0 bridgehead atoms. The van der Waals surface area contributed by atoms with Crippen LogP contribution in [0, 0.1) is 0 Å². The maximum Gasteiger partial charge on any atom is 0.127 e. The fourth-order valence-electron chi connectivity index (χ4n) is 0.837. The number of methoxy groups -OCH3 is 1. The van der Waals surface area contributed by atoms with Crippen LogP contribution in [0.2, 0.25) is 0 Å². The lowest BCUT2D eigenvalue weighted by molar-refractivity contribution is 0.411. The quantitative estimate of drug-likeness (QED) is 0.518. The standard InChI is InChI=1S/C11H12O2/c1-4-9(2)13-11-7-5-10(12-3)6-8-11/h4-8H,1-2H2,3H3. The zero-order valence-electron chi connectivity index (χ0n) is 7.62. The van der Waals surface area contributed by atoms with Crippen molar-refractivity contribution in [2.24, 2.45) is 0 Å². The molecule has 0 amide bonds. The van der Waals surface area contributed by atoms with E-state index in [4.69, 9.17) is 9.47 Å². The number of hydrogen-bond acceptors (Lipinski definition) is 2. The maximum absolute atomic E-state index is 5.29. The first-order chi connectivity index (χ1) is 6.26. The van der Waals surface area contributed by atoms with Crippen LogP contribution in [-0.2, 0) is 0 Å². The van der Waals surface area contributed by atoms with Crippen LogP contribution in [0.5, 0.6) is 11.5 Å². The first kappa shape index (κ1) is 9.39. The van der Waals surface area contributed by atoms with Crippen molar-refractivity contribution in [3.05, 3.63) is 49.3 Å². The summed E-state index contributed by atoms with van der Waals surface area (Å²) < 4.78 is 10.3. The van der Waals surface area contributed by atoms with Gasteiger partial charge in [0.05, 0.1) is 7.11 Å². The second-order valence-electron chi connectivity index (χ2n) is 2.45. The topological polar surface area (TPSA) is 18.5 Å². The van der Waals surface area contributed by atoms with E-state index in [1.54, 1.807) is 13.2 Å². The van der Waals surface area contributed by atoms with Gasteiger partial charge in [-0.2, -0.15) is 0 Å². The molecule has 0 N–H and O–H groups in total. The SMILES string of the molecule is C=CC(=C)Oc1ccc(OC)cc1. The molecule has 2 nitrogen and oxygen atoms in total. The van der Waals surface area contributed by atoms with Gasteiger partial charge in [-0.15, -0.1) is 0 Å². The third kappa shape index (κ3) is 2.67. The van der Waals surface area contributed by atoms with Gasteiger partial charge >= 0.3 is 0 Å². The largest absolute Gasteiger partial charge is 0.497 e. The van der Waals surface area contributed by atoms with Crippen molar-refractivity contribution in [2.75, 3.05) is 7.11 Å². The Labute approximate surface area is 78.1 Å². The molecular weight excluding hydrogens is 164 g/mol. The predicted octanol–water partition coefficient (Wildman–Crippen LogP) is 2.77. The average Bonchev–Trinajstić information content (AvgIpc) is 2.19. The Hall–Kier alpha value is -1.70. The van der Waals surface area contributed by atoms with Crippen LogP contribution in [0.15, 0.2) is 49.3 Å². The third-order valence-electron chi connectivity index (χ3n) is 1.54. The number of benzene rings is 1. The molecule has 0 atom stereocenters. The second-order valence-corrected chi connectivity index (χ2v) is 2.45. The fraction of sp³-hybridized carbons (Fsp3) is 0.0909. The van der Waals surface area contributed by atoms with Gasteiger partial charge in [0, 0.05) is 0 Å². The number of ether oxygens (including phenoxy) is 2. The van der Waals surface area contributed by atoms with Crippen molar-refractivity contribution >= 4 is 0 Å². The van der Waals surface area contributed by atoms with E-state index in [1.807, 2.05) is 24.3 Å². The summed E-state index contributed by atoms with van der Waals surface area (Å²) in [6.45, 7) is 7.18. The van der Waals surface area contributed by atoms with Gasteiger partial charge in [0.25, 0.3) is 0 Å². The molecule has 0 spiro atoms. The minimum atomic E-state index is 0.533. The van der Waals surface area contributed by atoms with E-state index in [0.717, 1.165) is 11.5 Å². The van der Waals surface area contributed by atoms with Gasteiger partial charge in [0.15, 0.2) is 0 Å². The summed E-state index contributed by atoms with van der Waals surface area (Å²) in [6.07, 6.45) is 1.56. The van der Waals surface area contributed by atoms with E-state index >= 15 is 0 Å². The molecule has 0 saturated carbocycles. The fourth-order valence-corrected chi connectivity index (χ4v) is 0.837. The Morgan fingerprint density at radius 2 is 1.77 bits per heavy atom. The highest BCUT2D eigenvalue weighted by Gasteiger charge is 1.94. The van der Waals surface area contributed by atoms with Gasteiger partial charge in [-0.25, -0.2) is 0 Å². The Balaban J connectivity index is 2.69. The first-order valence-electron chi connectivity index (χ1n) is 3.89. The van der Waals surface area contributed by atoms with Crippen LogP contribution in [0.25, 0.3) is 0 Å². The van der Waals surface area contributed by atoms with Crippen molar-refractivity contribution in [2.45, 2.75) is 0 Å². The summed E-state index contributed by atoms with van der Waals surface area (Å²) in [5.41, 5.74) is 0. The molecule has 0 unspecified atom stereocenters. The molecule has 0 radical (unpaired) electrons. The van der Waals surface area contributed by atoms with E-state index in [1.165, 1.54) is 0 Å². The molecule has 1 aromatic carbocycles. The average molecular weight is 176 g/mol. The Morgan fingerprint density at radius 3 is 2.23 bits per heavy atom. The summed E-state index contributed by atoms with van der Waals surface area (Å²) in [5, 5.41) is 0. The minimum absolute atomic E-state index is 0.533. The number of allylic oxidation sites excluding steroid dienone is 1. The van der Waals surface area contributed by atoms with E-state index in [-0.39, 0.29) is 0 Å². The van der Waals surface area contributed by atoms with Crippen LogP contribution in [0.1, 0.15) is 0 Å². The highest BCUT2D eigenvalue weighted by Crippen LogP contribution is 2.18. The Kier molecular flexibility index (Phi) is 3.15. The van der Waals surface area contributed by atoms with Gasteiger partial charge < -0.3 is 9.47 Å². The zero-order valence-corrected chi connectivity index (χ0v) is 7.62. The molecule has 0 aromatic heterocycles.